The molecule has 0 aromatic heterocycles. The molecule has 0 amide bonds. The first-order valence-corrected chi connectivity index (χ1v) is 6.63. The Labute approximate surface area is 125 Å². The van der Waals surface area contributed by atoms with E-state index in [4.69, 9.17) is 25.8 Å². The summed E-state index contributed by atoms with van der Waals surface area (Å²) in [5.74, 6) is -1.68. The van der Waals surface area contributed by atoms with E-state index in [1.807, 2.05) is 0 Å². The lowest BCUT2D eigenvalue weighted by Crippen LogP contribution is -2.31. The summed E-state index contributed by atoms with van der Waals surface area (Å²) in [6, 6.07) is 2.78. The van der Waals surface area contributed by atoms with Gasteiger partial charge in [-0.1, -0.05) is 6.92 Å². The van der Waals surface area contributed by atoms with Crippen molar-refractivity contribution < 1.29 is 28.6 Å². The fourth-order valence-electron chi connectivity index (χ4n) is 2.09. The Morgan fingerprint density at radius 3 is 2.38 bits per heavy atom. The van der Waals surface area contributed by atoms with E-state index in [1.165, 1.54) is 26.0 Å². The van der Waals surface area contributed by atoms with E-state index in [9.17, 15) is 14.4 Å². The van der Waals surface area contributed by atoms with Crippen LogP contribution < -0.4 is 14.2 Å². The summed E-state index contributed by atoms with van der Waals surface area (Å²) in [6.45, 7) is 4.19. The van der Waals surface area contributed by atoms with Crippen LogP contribution in [0.15, 0.2) is 12.1 Å². The van der Waals surface area contributed by atoms with Crippen molar-refractivity contribution in [2.45, 2.75) is 32.1 Å². The predicted octanol–water partition coefficient (Wildman–Crippen LogP) is 2.17. The van der Waals surface area contributed by atoms with Crippen LogP contribution in [0.3, 0.4) is 0 Å². The van der Waals surface area contributed by atoms with Gasteiger partial charge >= 0.3 is 17.9 Å². The summed E-state index contributed by atoms with van der Waals surface area (Å²) >= 11 is 5.98. The molecule has 2 atom stereocenters. The van der Waals surface area contributed by atoms with E-state index < -0.39 is 29.2 Å². The van der Waals surface area contributed by atoms with Crippen molar-refractivity contribution in [1.29, 1.82) is 0 Å². The average Bonchev–Trinajstić information content (AvgIpc) is 2.34. The molecule has 0 bridgehead atoms. The number of alkyl halides is 1. The van der Waals surface area contributed by atoms with E-state index >= 15 is 0 Å². The van der Waals surface area contributed by atoms with Crippen LogP contribution in [-0.4, -0.2) is 23.3 Å². The van der Waals surface area contributed by atoms with Crippen molar-refractivity contribution in [2.75, 3.05) is 0 Å². The highest BCUT2D eigenvalue weighted by Gasteiger charge is 2.36. The standard InChI is InChI=1S/C14H13ClO6/c1-6-12-10(20-8(3)17)4-9(19-7(2)16)5-11(12)21-14(18)13(6)15/h4-6,13H,1-3H3. The highest BCUT2D eigenvalue weighted by molar-refractivity contribution is 6.31. The molecule has 0 saturated carbocycles. The molecular weight excluding hydrogens is 300 g/mol. The zero-order valence-corrected chi connectivity index (χ0v) is 12.4. The lowest BCUT2D eigenvalue weighted by Gasteiger charge is -2.27. The molecule has 0 N–H and O–H groups in total. The third-order valence-electron chi connectivity index (χ3n) is 2.92. The molecule has 2 unspecified atom stereocenters. The Morgan fingerprint density at radius 2 is 1.81 bits per heavy atom. The highest BCUT2D eigenvalue weighted by atomic mass is 35.5. The first-order valence-electron chi connectivity index (χ1n) is 6.20. The Balaban J connectivity index is 2.56. The second-order valence-electron chi connectivity index (χ2n) is 4.63. The molecule has 6 nitrogen and oxygen atoms in total. The number of hydrogen-bond donors (Lipinski definition) is 0. The molecule has 2 rings (SSSR count). The van der Waals surface area contributed by atoms with Gasteiger partial charge in [-0.3, -0.25) is 14.4 Å². The Hall–Kier alpha value is -2.08. The molecule has 1 aliphatic rings. The van der Waals surface area contributed by atoms with E-state index in [0.29, 0.717) is 5.56 Å². The lowest BCUT2D eigenvalue weighted by atomic mass is 9.93. The van der Waals surface area contributed by atoms with Gasteiger partial charge in [0, 0.05) is 37.5 Å². The van der Waals surface area contributed by atoms with Crippen LogP contribution in [0.1, 0.15) is 32.3 Å². The molecule has 1 aromatic rings. The third kappa shape index (κ3) is 3.16. The largest absolute Gasteiger partial charge is 0.426 e. The van der Waals surface area contributed by atoms with Crippen molar-refractivity contribution in [3.63, 3.8) is 0 Å². The van der Waals surface area contributed by atoms with Crippen LogP contribution in [0.5, 0.6) is 17.2 Å². The third-order valence-corrected chi connectivity index (χ3v) is 3.48. The Bertz CT molecular complexity index is 624. The smallest absolute Gasteiger partial charge is 0.330 e. The van der Waals surface area contributed by atoms with E-state index in [1.54, 1.807) is 6.92 Å². The maximum atomic E-state index is 11.7. The van der Waals surface area contributed by atoms with Crippen LogP contribution in [0.2, 0.25) is 0 Å². The number of esters is 3. The number of halogens is 1. The lowest BCUT2D eigenvalue weighted by molar-refractivity contribution is -0.135. The molecule has 0 fully saturated rings. The Morgan fingerprint density at radius 1 is 1.19 bits per heavy atom. The maximum Gasteiger partial charge on any atom is 0.330 e. The number of benzene rings is 1. The van der Waals surface area contributed by atoms with E-state index in [-0.39, 0.29) is 17.2 Å². The number of carbonyl (C=O) groups is 3. The predicted molar refractivity (Wildman–Crippen MR) is 72.8 cm³/mol. The van der Waals surface area contributed by atoms with E-state index in [2.05, 4.69) is 0 Å². The number of hydrogen-bond acceptors (Lipinski definition) is 6. The summed E-state index contributed by atoms with van der Waals surface area (Å²) in [5, 5.41) is -0.883. The molecule has 1 aliphatic heterocycles. The first kappa shape index (κ1) is 15.3. The van der Waals surface area contributed by atoms with Gasteiger partial charge in [-0.15, -0.1) is 11.6 Å². The number of carbonyl (C=O) groups excluding carboxylic acids is 3. The van der Waals surface area contributed by atoms with Crippen LogP contribution in [0.4, 0.5) is 0 Å². The van der Waals surface area contributed by atoms with Gasteiger partial charge in [0.15, 0.2) is 0 Å². The molecule has 21 heavy (non-hydrogen) atoms. The van der Waals surface area contributed by atoms with Crippen molar-refractivity contribution in [3.05, 3.63) is 17.7 Å². The van der Waals surface area contributed by atoms with Crippen molar-refractivity contribution in [1.82, 2.24) is 0 Å². The number of rotatable bonds is 2. The molecule has 0 radical (unpaired) electrons. The fourth-order valence-corrected chi connectivity index (χ4v) is 2.26. The summed E-state index contributed by atoms with van der Waals surface area (Å²) in [5.41, 5.74) is 0.487. The van der Waals surface area contributed by atoms with Crippen LogP contribution >= 0.6 is 11.6 Å². The summed E-state index contributed by atoms with van der Waals surface area (Å²) in [4.78, 5) is 33.9. The minimum absolute atomic E-state index is 0.116. The minimum Gasteiger partial charge on any atom is -0.426 e. The quantitative estimate of drug-likeness (QED) is 0.473. The van der Waals surface area contributed by atoms with Gasteiger partial charge in [0.2, 0.25) is 0 Å². The second kappa shape index (κ2) is 5.73. The van der Waals surface area contributed by atoms with Crippen molar-refractivity contribution in [3.8, 4) is 17.2 Å². The number of fused-ring (bicyclic) bond motifs is 1. The SMILES string of the molecule is CC(=O)Oc1cc(OC(C)=O)c2c(c1)OC(=O)C(Cl)C2C. The normalized spacial score (nSPS) is 20.3. The molecular formula is C14H13ClO6. The van der Waals surface area contributed by atoms with Gasteiger partial charge in [-0.2, -0.15) is 0 Å². The first-order chi connectivity index (χ1) is 9.79. The molecule has 7 heteroatoms. The van der Waals surface area contributed by atoms with Crippen molar-refractivity contribution >= 4 is 29.5 Å². The van der Waals surface area contributed by atoms with Crippen LogP contribution in [0, 0.1) is 0 Å². The molecule has 0 aliphatic carbocycles. The summed E-state index contributed by atoms with van der Waals surface area (Å²) in [7, 11) is 0. The number of ether oxygens (including phenoxy) is 3. The monoisotopic (exact) mass is 312 g/mol. The second-order valence-corrected chi connectivity index (χ2v) is 5.10. The molecule has 0 saturated heterocycles. The van der Waals surface area contributed by atoms with Crippen LogP contribution in [0.25, 0.3) is 0 Å². The molecule has 1 aromatic carbocycles. The topological polar surface area (TPSA) is 78.9 Å². The zero-order valence-electron chi connectivity index (χ0n) is 11.6. The zero-order chi connectivity index (χ0) is 15.7. The van der Waals surface area contributed by atoms with Gasteiger partial charge in [0.25, 0.3) is 0 Å². The fraction of sp³-hybridized carbons (Fsp3) is 0.357. The molecule has 0 spiro atoms. The van der Waals surface area contributed by atoms with Gasteiger partial charge < -0.3 is 14.2 Å². The van der Waals surface area contributed by atoms with Gasteiger partial charge in [-0.05, 0) is 0 Å². The minimum atomic E-state index is -0.883. The van der Waals surface area contributed by atoms with Gasteiger partial charge in [-0.25, -0.2) is 0 Å². The Kier molecular flexibility index (Phi) is 4.18. The average molecular weight is 313 g/mol. The molecule has 1 heterocycles. The van der Waals surface area contributed by atoms with Gasteiger partial charge in [0.05, 0.1) is 0 Å². The highest BCUT2D eigenvalue weighted by Crippen LogP contribution is 2.45. The van der Waals surface area contributed by atoms with E-state index in [0.717, 1.165) is 0 Å². The maximum absolute atomic E-state index is 11.7. The van der Waals surface area contributed by atoms with Crippen LogP contribution in [-0.2, 0) is 14.4 Å². The summed E-state index contributed by atoms with van der Waals surface area (Å²) < 4.78 is 15.2. The molecule has 112 valence electrons. The van der Waals surface area contributed by atoms with Gasteiger partial charge in [0.1, 0.15) is 22.6 Å². The summed E-state index contributed by atoms with van der Waals surface area (Å²) in [6.07, 6.45) is 0. The van der Waals surface area contributed by atoms with Crippen molar-refractivity contribution in [2.24, 2.45) is 0 Å².